The van der Waals surface area contributed by atoms with E-state index in [4.69, 9.17) is 9.84 Å². The number of aliphatic carboxylic acids is 1. The third kappa shape index (κ3) is 2.20. The van der Waals surface area contributed by atoms with Gasteiger partial charge in [0.25, 0.3) is 5.91 Å². The van der Waals surface area contributed by atoms with E-state index in [1.807, 2.05) is 0 Å². The first-order valence-electron chi connectivity index (χ1n) is 6.78. The first-order valence-corrected chi connectivity index (χ1v) is 6.78. The van der Waals surface area contributed by atoms with E-state index in [-0.39, 0.29) is 18.0 Å². The van der Waals surface area contributed by atoms with Crippen LogP contribution in [0.5, 0.6) is 0 Å². The molecular formula is C12H17N3O5. The van der Waals surface area contributed by atoms with Gasteiger partial charge in [0.1, 0.15) is 6.10 Å². The van der Waals surface area contributed by atoms with E-state index >= 15 is 0 Å². The molecule has 2 N–H and O–H groups in total. The monoisotopic (exact) mass is 283 g/mol. The summed E-state index contributed by atoms with van der Waals surface area (Å²) in [4.78, 5) is 38.0. The second-order valence-corrected chi connectivity index (χ2v) is 5.35. The molecule has 3 saturated heterocycles. The number of hydrogen-bond acceptors (Lipinski definition) is 4. The minimum atomic E-state index is -1.02. The molecule has 3 amide bonds. The second kappa shape index (κ2) is 4.93. The van der Waals surface area contributed by atoms with Crippen molar-refractivity contribution in [2.24, 2.45) is 0 Å². The number of hydrogen-bond donors (Lipinski definition) is 2. The van der Waals surface area contributed by atoms with Gasteiger partial charge in [0.05, 0.1) is 6.04 Å². The van der Waals surface area contributed by atoms with E-state index in [1.165, 1.54) is 0 Å². The van der Waals surface area contributed by atoms with Crippen LogP contribution in [-0.2, 0) is 14.3 Å². The highest BCUT2D eigenvalue weighted by atomic mass is 16.5. The van der Waals surface area contributed by atoms with Crippen LogP contribution in [0.15, 0.2) is 0 Å². The molecule has 8 heteroatoms. The predicted molar refractivity (Wildman–Crippen MR) is 66.0 cm³/mol. The summed E-state index contributed by atoms with van der Waals surface area (Å²) in [6.07, 6.45) is -0.722. The second-order valence-electron chi connectivity index (χ2n) is 5.35. The van der Waals surface area contributed by atoms with E-state index in [0.29, 0.717) is 39.0 Å². The van der Waals surface area contributed by atoms with Crippen LogP contribution in [0.3, 0.4) is 0 Å². The topological polar surface area (TPSA) is 99.2 Å². The summed E-state index contributed by atoms with van der Waals surface area (Å²) in [6.45, 7) is 2.01. The molecule has 0 aliphatic carbocycles. The fraction of sp³-hybridized carbons (Fsp3) is 0.750. The predicted octanol–water partition coefficient (Wildman–Crippen LogP) is -1.15. The summed E-state index contributed by atoms with van der Waals surface area (Å²) in [7, 11) is 0. The number of piperazine rings is 1. The lowest BCUT2D eigenvalue weighted by atomic mass is 10.1. The largest absolute Gasteiger partial charge is 0.479 e. The Kier molecular flexibility index (Phi) is 3.25. The number of carbonyl (C=O) groups excluding carboxylic acids is 2. The Bertz CT molecular complexity index is 454. The van der Waals surface area contributed by atoms with Gasteiger partial charge in [-0.1, -0.05) is 0 Å². The first kappa shape index (κ1) is 13.2. The molecule has 0 radical (unpaired) electrons. The number of fused-ring (bicyclic) bond motifs is 1. The van der Waals surface area contributed by atoms with E-state index in [1.54, 1.807) is 9.80 Å². The van der Waals surface area contributed by atoms with E-state index < -0.39 is 18.2 Å². The molecule has 3 rings (SSSR count). The quantitative estimate of drug-likeness (QED) is 0.667. The van der Waals surface area contributed by atoms with E-state index in [2.05, 4.69) is 5.32 Å². The highest BCUT2D eigenvalue weighted by molar-refractivity contribution is 5.83. The SMILES string of the molecule is O=C(O)C1CCC(C(=O)N2CCN3C(=O)NCC3C2)O1. The molecule has 3 aliphatic heterocycles. The fourth-order valence-electron chi connectivity index (χ4n) is 3.01. The number of carbonyl (C=O) groups is 3. The molecule has 0 aromatic carbocycles. The number of nitrogens with zero attached hydrogens (tertiary/aromatic N) is 2. The molecule has 3 fully saturated rings. The van der Waals surface area contributed by atoms with Gasteiger partial charge >= 0.3 is 12.0 Å². The lowest BCUT2D eigenvalue weighted by molar-refractivity contribution is -0.155. The van der Waals surface area contributed by atoms with Crippen LogP contribution in [0, 0.1) is 0 Å². The number of ether oxygens (including phenoxy) is 1. The summed E-state index contributed by atoms with van der Waals surface area (Å²) in [5.74, 6) is -1.18. The van der Waals surface area contributed by atoms with Crippen LogP contribution in [0.1, 0.15) is 12.8 Å². The fourth-order valence-corrected chi connectivity index (χ4v) is 3.01. The molecule has 0 saturated carbocycles. The Morgan fingerprint density at radius 1 is 1.25 bits per heavy atom. The normalized spacial score (nSPS) is 33.0. The van der Waals surface area contributed by atoms with Crippen molar-refractivity contribution in [3.05, 3.63) is 0 Å². The Balaban J connectivity index is 1.59. The van der Waals surface area contributed by atoms with Crippen molar-refractivity contribution in [2.75, 3.05) is 26.2 Å². The van der Waals surface area contributed by atoms with Gasteiger partial charge in [0, 0.05) is 26.2 Å². The maximum absolute atomic E-state index is 12.3. The third-order valence-electron chi connectivity index (χ3n) is 4.11. The molecule has 3 unspecified atom stereocenters. The van der Waals surface area contributed by atoms with Crippen molar-refractivity contribution >= 4 is 17.9 Å². The van der Waals surface area contributed by atoms with Gasteiger partial charge in [-0.25, -0.2) is 9.59 Å². The molecule has 3 atom stereocenters. The summed E-state index contributed by atoms with van der Waals surface area (Å²) < 4.78 is 5.28. The zero-order valence-electron chi connectivity index (χ0n) is 10.9. The average Bonchev–Trinajstić information content (AvgIpc) is 3.05. The third-order valence-corrected chi connectivity index (χ3v) is 4.11. The standard InChI is InChI=1S/C12H17N3O5/c16-10(8-1-2-9(20-8)11(17)18)14-3-4-15-7(6-14)5-13-12(15)19/h7-9H,1-6H2,(H,13,19)(H,17,18). The van der Waals surface area contributed by atoms with E-state index in [0.717, 1.165) is 0 Å². The Labute approximate surface area is 115 Å². The summed E-state index contributed by atoms with van der Waals surface area (Å²) in [5, 5.41) is 11.6. The average molecular weight is 283 g/mol. The van der Waals surface area contributed by atoms with Gasteiger partial charge < -0.3 is 25.0 Å². The number of nitrogens with one attached hydrogen (secondary N) is 1. The molecular weight excluding hydrogens is 266 g/mol. The van der Waals surface area contributed by atoms with Crippen molar-refractivity contribution in [2.45, 2.75) is 31.1 Å². The first-order chi connectivity index (χ1) is 9.56. The van der Waals surface area contributed by atoms with Crippen molar-refractivity contribution in [1.29, 1.82) is 0 Å². The molecule has 0 spiro atoms. The van der Waals surface area contributed by atoms with E-state index in [9.17, 15) is 14.4 Å². The van der Waals surface area contributed by atoms with Crippen LogP contribution in [-0.4, -0.2) is 77.2 Å². The van der Waals surface area contributed by atoms with Crippen molar-refractivity contribution < 1.29 is 24.2 Å². The lowest BCUT2D eigenvalue weighted by Crippen LogP contribution is -2.55. The zero-order valence-corrected chi connectivity index (χ0v) is 10.9. The molecule has 110 valence electrons. The van der Waals surface area contributed by atoms with Gasteiger partial charge in [0.2, 0.25) is 0 Å². The smallest absolute Gasteiger partial charge is 0.332 e. The van der Waals surface area contributed by atoms with Gasteiger partial charge in [-0.05, 0) is 12.8 Å². The number of carboxylic acids is 1. The maximum Gasteiger partial charge on any atom is 0.332 e. The highest BCUT2D eigenvalue weighted by Crippen LogP contribution is 2.23. The maximum atomic E-state index is 12.3. The molecule has 3 heterocycles. The van der Waals surface area contributed by atoms with Gasteiger partial charge in [-0.3, -0.25) is 4.79 Å². The molecule has 0 aromatic rings. The van der Waals surface area contributed by atoms with Crippen LogP contribution in [0.4, 0.5) is 4.79 Å². The molecule has 20 heavy (non-hydrogen) atoms. The summed E-state index contributed by atoms with van der Waals surface area (Å²) in [6, 6.07) is -0.0676. The number of rotatable bonds is 2. The number of urea groups is 1. The van der Waals surface area contributed by atoms with Crippen LogP contribution in [0.2, 0.25) is 0 Å². The number of amides is 3. The minimum absolute atomic E-state index is 0.0110. The Morgan fingerprint density at radius 3 is 2.70 bits per heavy atom. The Morgan fingerprint density at radius 2 is 2.00 bits per heavy atom. The molecule has 0 aromatic heterocycles. The van der Waals surface area contributed by atoms with Crippen LogP contribution < -0.4 is 5.32 Å². The van der Waals surface area contributed by atoms with Crippen molar-refractivity contribution in [1.82, 2.24) is 15.1 Å². The molecule has 8 nitrogen and oxygen atoms in total. The summed E-state index contributed by atoms with van der Waals surface area (Å²) >= 11 is 0. The van der Waals surface area contributed by atoms with Crippen LogP contribution in [0.25, 0.3) is 0 Å². The Hall–Kier alpha value is -1.83. The highest BCUT2D eigenvalue weighted by Gasteiger charge is 2.41. The minimum Gasteiger partial charge on any atom is -0.479 e. The van der Waals surface area contributed by atoms with Crippen molar-refractivity contribution in [3.8, 4) is 0 Å². The van der Waals surface area contributed by atoms with Gasteiger partial charge in [-0.15, -0.1) is 0 Å². The van der Waals surface area contributed by atoms with Crippen LogP contribution >= 0.6 is 0 Å². The summed E-state index contributed by atoms with van der Waals surface area (Å²) in [5.41, 5.74) is 0. The van der Waals surface area contributed by atoms with Gasteiger partial charge in [0.15, 0.2) is 6.10 Å². The van der Waals surface area contributed by atoms with Gasteiger partial charge in [-0.2, -0.15) is 0 Å². The molecule has 0 bridgehead atoms. The molecule has 3 aliphatic rings. The number of carboxylic acid groups (broad SMARTS) is 1. The van der Waals surface area contributed by atoms with Crippen molar-refractivity contribution in [3.63, 3.8) is 0 Å². The zero-order chi connectivity index (χ0) is 14.3. The lowest BCUT2D eigenvalue weighted by Gasteiger charge is -2.37.